The van der Waals surface area contributed by atoms with E-state index in [9.17, 15) is 4.79 Å². The number of nitrogens with one attached hydrogen (secondary N) is 2. The summed E-state index contributed by atoms with van der Waals surface area (Å²) in [6, 6.07) is 10.2. The average molecular weight is 319 g/mol. The quantitative estimate of drug-likeness (QED) is 0.247. The van der Waals surface area contributed by atoms with Crippen LogP contribution in [0.4, 0.5) is 4.79 Å². The number of benzene rings is 1. The second-order valence-corrected chi connectivity index (χ2v) is 4.64. The van der Waals surface area contributed by atoms with Gasteiger partial charge in [0.05, 0.1) is 11.6 Å². The third-order valence-electron chi connectivity index (χ3n) is 2.49. The minimum Gasteiger partial charge on any atom is -0.477 e. The Labute approximate surface area is 134 Å². The van der Waals surface area contributed by atoms with Gasteiger partial charge in [-0.05, 0) is 18.6 Å². The van der Waals surface area contributed by atoms with E-state index in [-0.39, 0.29) is 16.5 Å². The molecule has 0 fully saturated rings. The van der Waals surface area contributed by atoms with Crippen molar-refractivity contribution in [1.82, 2.24) is 5.32 Å². The highest BCUT2D eigenvalue weighted by Crippen LogP contribution is 2.11. The second-order valence-electron chi connectivity index (χ2n) is 4.19. The molecule has 0 aliphatic rings. The van der Waals surface area contributed by atoms with E-state index >= 15 is 0 Å². The highest BCUT2D eigenvalue weighted by molar-refractivity contribution is 7.84. The maximum Gasteiger partial charge on any atom is 0.417 e. The lowest BCUT2D eigenvalue weighted by molar-refractivity contribution is 0.204. The first-order valence-corrected chi connectivity index (χ1v) is 7.12. The lowest BCUT2D eigenvalue weighted by Gasteiger charge is -2.09. The summed E-state index contributed by atoms with van der Waals surface area (Å²) in [7, 11) is 0. The van der Waals surface area contributed by atoms with Crippen molar-refractivity contribution < 1.29 is 14.3 Å². The van der Waals surface area contributed by atoms with Crippen molar-refractivity contribution in [2.45, 2.75) is 19.8 Å². The first-order valence-electron chi connectivity index (χ1n) is 6.67. The van der Waals surface area contributed by atoms with Crippen LogP contribution in [0.3, 0.4) is 0 Å². The van der Waals surface area contributed by atoms with Gasteiger partial charge < -0.3 is 9.47 Å². The molecule has 6 nitrogen and oxygen atoms in total. The summed E-state index contributed by atoms with van der Waals surface area (Å²) in [6.07, 6.45) is 0.881. The third kappa shape index (κ3) is 5.89. The first kappa shape index (κ1) is 17.6. The molecule has 0 atom stereocenters. The normalized spacial score (nSPS) is 11.0. The molecule has 22 heavy (non-hydrogen) atoms. The van der Waals surface area contributed by atoms with E-state index in [0.717, 1.165) is 12.8 Å². The molecule has 0 radical (unpaired) electrons. The lowest BCUT2D eigenvalue weighted by atomic mass is 10.3. The number of ether oxygens (including phenoxy) is 2. The highest BCUT2D eigenvalue weighted by Gasteiger charge is 2.14. The molecular weight excluding hydrogens is 302 g/mol. The molecule has 0 aromatic heterocycles. The summed E-state index contributed by atoms with van der Waals surface area (Å²) in [5.41, 5.74) is -0.163. The summed E-state index contributed by atoms with van der Waals surface area (Å²) < 4.78 is 10.1. The van der Waals surface area contributed by atoms with E-state index in [4.69, 9.17) is 20.1 Å². The van der Waals surface area contributed by atoms with E-state index in [2.05, 4.69) is 17.9 Å². The molecule has 1 aromatic carbocycles. The zero-order valence-corrected chi connectivity index (χ0v) is 13.0. The molecule has 0 unspecified atom stereocenters. The van der Waals surface area contributed by atoms with Gasteiger partial charge in [-0.2, -0.15) is 5.26 Å². The lowest BCUT2D eigenvalue weighted by Crippen LogP contribution is -2.26. The fourth-order valence-electron chi connectivity index (χ4n) is 1.38. The second kappa shape index (κ2) is 9.47. The predicted molar refractivity (Wildman–Crippen MR) is 85.8 cm³/mol. The number of unbranched alkanes of at least 4 members (excludes halogenated alkanes) is 1. The summed E-state index contributed by atoms with van der Waals surface area (Å²) in [4.78, 5) is 11.7. The SMILES string of the molecule is CCCCOC(=N)/C(C#N)=C(\S)NC(=O)Oc1ccccc1. The van der Waals surface area contributed by atoms with E-state index in [1.165, 1.54) is 0 Å². The third-order valence-corrected chi connectivity index (χ3v) is 2.83. The Morgan fingerprint density at radius 2 is 2.09 bits per heavy atom. The molecule has 0 saturated carbocycles. The van der Waals surface area contributed by atoms with Gasteiger partial charge in [0.15, 0.2) is 0 Å². The molecule has 1 rings (SSSR count). The van der Waals surface area contributed by atoms with Crippen LogP contribution in [0.15, 0.2) is 40.9 Å². The Bertz CT molecular complexity index is 594. The van der Waals surface area contributed by atoms with Gasteiger partial charge in [-0.15, -0.1) is 12.6 Å². The van der Waals surface area contributed by atoms with Gasteiger partial charge in [0.2, 0.25) is 5.90 Å². The van der Waals surface area contributed by atoms with Crippen molar-refractivity contribution in [2.75, 3.05) is 6.61 Å². The zero-order valence-electron chi connectivity index (χ0n) is 12.1. The summed E-state index contributed by atoms with van der Waals surface area (Å²) in [5.74, 6) is 0.0230. The van der Waals surface area contributed by atoms with Gasteiger partial charge in [-0.3, -0.25) is 10.7 Å². The van der Waals surface area contributed by atoms with Crippen molar-refractivity contribution in [3.05, 3.63) is 40.9 Å². The summed E-state index contributed by atoms with van der Waals surface area (Å²) in [5, 5.41) is 18.9. The molecule has 1 aromatic rings. The molecule has 116 valence electrons. The summed E-state index contributed by atoms with van der Waals surface area (Å²) >= 11 is 4.02. The predicted octanol–water partition coefficient (Wildman–Crippen LogP) is 3.23. The van der Waals surface area contributed by atoms with Crippen molar-refractivity contribution in [3.8, 4) is 11.8 Å². The number of hydrogen-bond donors (Lipinski definition) is 3. The molecule has 0 bridgehead atoms. The van der Waals surface area contributed by atoms with Crippen LogP contribution in [0.25, 0.3) is 0 Å². The summed E-state index contributed by atoms with van der Waals surface area (Å²) in [6.45, 7) is 2.31. The Morgan fingerprint density at radius 1 is 1.41 bits per heavy atom. The number of thiol groups is 1. The van der Waals surface area contributed by atoms with Crippen molar-refractivity contribution in [1.29, 1.82) is 10.7 Å². The molecule has 2 N–H and O–H groups in total. The topological polar surface area (TPSA) is 95.2 Å². The van der Waals surface area contributed by atoms with Crippen LogP contribution < -0.4 is 10.1 Å². The van der Waals surface area contributed by atoms with Crippen molar-refractivity contribution >= 4 is 24.6 Å². The number of hydrogen-bond acceptors (Lipinski definition) is 6. The van der Waals surface area contributed by atoms with E-state index in [0.29, 0.717) is 12.4 Å². The molecule has 0 saturated heterocycles. The minimum absolute atomic E-state index is 0.0927. The van der Waals surface area contributed by atoms with E-state index < -0.39 is 6.09 Å². The van der Waals surface area contributed by atoms with Crippen LogP contribution in [-0.4, -0.2) is 18.6 Å². The maximum absolute atomic E-state index is 11.7. The molecule has 0 spiro atoms. The molecule has 0 aliphatic carbocycles. The standard InChI is InChI=1S/C15H17N3O3S/c1-2-3-9-20-13(17)12(10-16)14(22)18-15(19)21-11-7-5-4-6-8-11/h4-8,17,22H,2-3,9H2,1H3,(H,18,19)/b14-12-,17-13?. The number of amides is 1. The monoisotopic (exact) mass is 319 g/mol. The van der Waals surface area contributed by atoms with Gasteiger partial charge in [0.25, 0.3) is 0 Å². The molecule has 0 aliphatic heterocycles. The number of carbonyl (C=O) groups excluding carboxylic acids is 1. The Hall–Kier alpha value is -2.46. The number of nitriles is 1. The molecule has 7 heteroatoms. The fourth-order valence-corrected chi connectivity index (χ4v) is 1.63. The van der Waals surface area contributed by atoms with Crippen molar-refractivity contribution in [2.24, 2.45) is 0 Å². The molecule has 1 amide bonds. The van der Waals surface area contributed by atoms with Gasteiger partial charge in [0.1, 0.15) is 17.4 Å². The number of para-hydroxylation sites is 1. The first-order chi connectivity index (χ1) is 10.6. The molecular formula is C15H17N3O3S. The van der Waals surface area contributed by atoms with Gasteiger partial charge >= 0.3 is 6.09 Å². The van der Waals surface area contributed by atoms with Gasteiger partial charge in [-0.1, -0.05) is 31.5 Å². The smallest absolute Gasteiger partial charge is 0.417 e. The van der Waals surface area contributed by atoms with Gasteiger partial charge in [0, 0.05) is 0 Å². The van der Waals surface area contributed by atoms with Crippen LogP contribution in [0, 0.1) is 16.7 Å². The number of carbonyl (C=O) groups is 1. The maximum atomic E-state index is 11.7. The zero-order chi connectivity index (χ0) is 16.4. The van der Waals surface area contributed by atoms with E-state index in [1.54, 1.807) is 36.4 Å². The number of rotatable bonds is 6. The number of nitrogens with zero attached hydrogens (tertiary/aromatic N) is 1. The van der Waals surface area contributed by atoms with Crippen molar-refractivity contribution in [3.63, 3.8) is 0 Å². The molecule has 0 heterocycles. The highest BCUT2D eigenvalue weighted by atomic mass is 32.1. The van der Waals surface area contributed by atoms with E-state index in [1.807, 2.05) is 6.92 Å². The van der Waals surface area contributed by atoms with Crippen LogP contribution in [-0.2, 0) is 4.74 Å². The minimum atomic E-state index is -0.801. The van der Waals surface area contributed by atoms with Crippen LogP contribution >= 0.6 is 12.6 Å². The Morgan fingerprint density at radius 3 is 2.68 bits per heavy atom. The van der Waals surface area contributed by atoms with Gasteiger partial charge in [-0.25, -0.2) is 4.79 Å². The largest absolute Gasteiger partial charge is 0.477 e. The average Bonchev–Trinajstić information content (AvgIpc) is 2.49. The van der Waals surface area contributed by atoms with Crippen LogP contribution in [0.2, 0.25) is 0 Å². The van der Waals surface area contributed by atoms with Crippen LogP contribution in [0.5, 0.6) is 5.75 Å². The fraction of sp³-hybridized carbons (Fsp3) is 0.267. The Kier molecular flexibility index (Phi) is 7.57. The van der Waals surface area contributed by atoms with Crippen LogP contribution in [0.1, 0.15) is 19.8 Å². The Balaban J connectivity index is 2.65.